The summed E-state index contributed by atoms with van der Waals surface area (Å²) in [6.07, 6.45) is 6.25. The van der Waals surface area contributed by atoms with Crippen molar-refractivity contribution in [3.05, 3.63) is 29.6 Å². The molecule has 1 atom stereocenters. The third-order valence-corrected chi connectivity index (χ3v) is 3.52. The monoisotopic (exact) mass is 232 g/mol. The van der Waals surface area contributed by atoms with Gasteiger partial charge < -0.3 is 4.90 Å². The first-order valence-corrected chi connectivity index (χ1v) is 6.46. The van der Waals surface area contributed by atoms with Gasteiger partial charge in [-0.25, -0.2) is 0 Å². The van der Waals surface area contributed by atoms with Crippen molar-refractivity contribution < 1.29 is 4.79 Å². The van der Waals surface area contributed by atoms with Gasteiger partial charge in [0.15, 0.2) is 0 Å². The van der Waals surface area contributed by atoms with Crippen LogP contribution >= 0.6 is 0 Å². The van der Waals surface area contributed by atoms with E-state index in [9.17, 15) is 4.79 Å². The summed E-state index contributed by atoms with van der Waals surface area (Å²) in [5.41, 5.74) is 1.67. The number of hydrogen-bond donors (Lipinski definition) is 0. The Labute approximate surface area is 103 Å². The fourth-order valence-corrected chi connectivity index (χ4v) is 2.45. The minimum absolute atomic E-state index is 0.143. The normalized spacial score (nSPS) is 20.4. The molecule has 1 amide bonds. The summed E-state index contributed by atoms with van der Waals surface area (Å²) in [4.78, 5) is 18.6. The molecule has 3 heteroatoms. The molecule has 3 nitrogen and oxygen atoms in total. The number of aryl methyl sites for hydroxylation is 1. The Kier molecular flexibility index (Phi) is 3.77. The van der Waals surface area contributed by atoms with Crippen LogP contribution < -0.4 is 0 Å². The third-order valence-electron chi connectivity index (χ3n) is 3.52. The molecule has 0 bridgehead atoms. The molecule has 1 aliphatic rings. The Hall–Kier alpha value is -1.38. The van der Waals surface area contributed by atoms with Gasteiger partial charge in [-0.15, -0.1) is 0 Å². The lowest BCUT2D eigenvalue weighted by Crippen LogP contribution is -2.43. The van der Waals surface area contributed by atoms with E-state index in [0.29, 0.717) is 6.04 Å². The summed E-state index contributed by atoms with van der Waals surface area (Å²) in [5, 5.41) is 0. The summed E-state index contributed by atoms with van der Waals surface area (Å²) in [7, 11) is 0. The number of nitrogens with zero attached hydrogens (tertiary/aromatic N) is 2. The molecular formula is C14H20N2O. The Morgan fingerprint density at radius 3 is 2.94 bits per heavy atom. The van der Waals surface area contributed by atoms with Gasteiger partial charge in [0, 0.05) is 24.5 Å². The molecule has 2 rings (SSSR count). The molecule has 2 heterocycles. The van der Waals surface area contributed by atoms with Crippen molar-refractivity contribution in [2.24, 2.45) is 0 Å². The van der Waals surface area contributed by atoms with Gasteiger partial charge in [-0.2, -0.15) is 0 Å². The van der Waals surface area contributed by atoms with Crippen molar-refractivity contribution in [2.45, 2.75) is 45.6 Å². The number of rotatable bonds is 2. The molecule has 1 aromatic rings. The highest BCUT2D eigenvalue weighted by Gasteiger charge is 2.26. The smallest absolute Gasteiger partial charge is 0.255 e. The van der Waals surface area contributed by atoms with Gasteiger partial charge in [0.1, 0.15) is 0 Å². The highest BCUT2D eigenvalue weighted by molar-refractivity contribution is 5.94. The van der Waals surface area contributed by atoms with E-state index in [2.05, 4.69) is 11.9 Å². The average molecular weight is 232 g/mol. The minimum atomic E-state index is 0.143. The predicted octanol–water partition coefficient (Wildman–Crippen LogP) is 2.79. The Bertz CT molecular complexity index is 386. The summed E-state index contributed by atoms with van der Waals surface area (Å²) < 4.78 is 0. The van der Waals surface area contributed by atoms with E-state index in [1.165, 1.54) is 6.42 Å². The SMILES string of the molecule is CC[C@H]1CCCCN1C(=O)c1ccc(C)nc1. The van der Waals surface area contributed by atoms with Crippen LogP contribution in [0.4, 0.5) is 0 Å². The molecule has 0 saturated carbocycles. The molecule has 92 valence electrons. The van der Waals surface area contributed by atoms with Crippen molar-refractivity contribution in [1.29, 1.82) is 0 Å². The Morgan fingerprint density at radius 2 is 2.29 bits per heavy atom. The topological polar surface area (TPSA) is 33.2 Å². The average Bonchev–Trinajstić information content (AvgIpc) is 2.39. The molecule has 0 aliphatic carbocycles. The largest absolute Gasteiger partial charge is 0.336 e. The standard InChI is InChI=1S/C14H20N2O/c1-3-13-6-4-5-9-16(13)14(17)12-8-7-11(2)15-10-12/h7-8,10,13H,3-6,9H2,1-2H3/t13-/m0/s1. The van der Waals surface area contributed by atoms with Gasteiger partial charge in [0.25, 0.3) is 5.91 Å². The van der Waals surface area contributed by atoms with Crippen LogP contribution in [0.2, 0.25) is 0 Å². The number of likely N-dealkylation sites (tertiary alicyclic amines) is 1. The molecule has 0 radical (unpaired) electrons. The maximum Gasteiger partial charge on any atom is 0.255 e. The molecule has 1 fully saturated rings. The summed E-state index contributed by atoms with van der Waals surface area (Å²) in [5.74, 6) is 0.143. The van der Waals surface area contributed by atoms with E-state index in [1.54, 1.807) is 6.20 Å². The fourth-order valence-electron chi connectivity index (χ4n) is 2.45. The van der Waals surface area contributed by atoms with Gasteiger partial charge in [-0.3, -0.25) is 9.78 Å². The van der Waals surface area contributed by atoms with Gasteiger partial charge in [0.2, 0.25) is 0 Å². The molecule has 17 heavy (non-hydrogen) atoms. The highest BCUT2D eigenvalue weighted by Crippen LogP contribution is 2.21. The molecule has 0 aromatic carbocycles. The maximum absolute atomic E-state index is 12.4. The molecule has 0 spiro atoms. The summed E-state index contributed by atoms with van der Waals surface area (Å²) >= 11 is 0. The van der Waals surface area contributed by atoms with Gasteiger partial charge in [-0.1, -0.05) is 6.92 Å². The fraction of sp³-hybridized carbons (Fsp3) is 0.571. The summed E-state index contributed by atoms with van der Waals surface area (Å²) in [6, 6.07) is 4.20. The second-order valence-electron chi connectivity index (χ2n) is 4.74. The number of piperidine rings is 1. The van der Waals surface area contributed by atoms with E-state index in [4.69, 9.17) is 0 Å². The van der Waals surface area contributed by atoms with Crippen LogP contribution in [-0.2, 0) is 0 Å². The third kappa shape index (κ3) is 2.65. The number of amides is 1. The van der Waals surface area contributed by atoms with Crippen LogP contribution in [0.5, 0.6) is 0 Å². The number of carbonyl (C=O) groups excluding carboxylic acids is 1. The number of aromatic nitrogens is 1. The lowest BCUT2D eigenvalue weighted by atomic mass is 9.99. The first-order chi connectivity index (χ1) is 8.22. The minimum Gasteiger partial charge on any atom is -0.336 e. The number of pyridine rings is 1. The van der Waals surface area contributed by atoms with Crippen molar-refractivity contribution >= 4 is 5.91 Å². The molecule has 0 unspecified atom stereocenters. The number of hydrogen-bond acceptors (Lipinski definition) is 2. The lowest BCUT2D eigenvalue weighted by Gasteiger charge is -2.35. The lowest BCUT2D eigenvalue weighted by molar-refractivity contribution is 0.0607. The second kappa shape index (κ2) is 5.30. The molecule has 1 aliphatic heterocycles. The highest BCUT2D eigenvalue weighted by atomic mass is 16.2. The van der Waals surface area contributed by atoms with Crippen LogP contribution in [-0.4, -0.2) is 28.4 Å². The molecule has 0 N–H and O–H groups in total. The Balaban J connectivity index is 2.15. The molecule has 1 aromatic heterocycles. The predicted molar refractivity (Wildman–Crippen MR) is 67.9 cm³/mol. The van der Waals surface area contributed by atoms with Crippen LogP contribution in [0, 0.1) is 6.92 Å². The van der Waals surface area contributed by atoms with E-state index in [-0.39, 0.29) is 5.91 Å². The van der Waals surface area contributed by atoms with Crippen LogP contribution in [0.25, 0.3) is 0 Å². The van der Waals surface area contributed by atoms with Crippen LogP contribution in [0.15, 0.2) is 18.3 Å². The van der Waals surface area contributed by atoms with Gasteiger partial charge in [-0.05, 0) is 44.7 Å². The van der Waals surface area contributed by atoms with E-state index < -0.39 is 0 Å². The molecule has 1 saturated heterocycles. The second-order valence-corrected chi connectivity index (χ2v) is 4.74. The van der Waals surface area contributed by atoms with E-state index >= 15 is 0 Å². The molecular weight excluding hydrogens is 212 g/mol. The van der Waals surface area contributed by atoms with Crippen LogP contribution in [0.3, 0.4) is 0 Å². The number of carbonyl (C=O) groups is 1. The zero-order valence-corrected chi connectivity index (χ0v) is 10.6. The maximum atomic E-state index is 12.4. The van der Waals surface area contributed by atoms with Crippen LogP contribution in [0.1, 0.15) is 48.7 Å². The van der Waals surface area contributed by atoms with Gasteiger partial charge >= 0.3 is 0 Å². The summed E-state index contributed by atoms with van der Waals surface area (Å²) in [6.45, 7) is 4.98. The first kappa shape index (κ1) is 12.1. The van der Waals surface area contributed by atoms with Gasteiger partial charge in [0.05, 0.1) is 5.56 Å². The van der Waals surface area contributed by atoms with Crippen molar-refractivity contribution in [1.82, 2.24) is 9.88 Å². The zero-order valence-electron chi connectivity index (χ0n) is 10.6. The first-order valence-electron chi connectivity index (χ1n) is 6.46. The zero-order chi connectivity index (χ0) is 12.3. The Morgan fingerprint density at radius 1 is 1.47 bits per heavy atom. The van der Waals surface area contributed by atoms with E-state index in [1.807, 2.05) is 24.0 Å². The van der Waals surface area contributed by atoms with Crippen molar-refractivity contribution in [2.75, 3.05) is 6.54 Å². The van der Waals surface area contributed by atoms with E-state index in [0.717, 1.165) is 37.1 Å². The van der Waals surface area contributed by atoms with Crippen molar-refractivity contribution in [3.63, 3.8) is 0 Å². The quantitative estimate of drug-likeness (QED) is 0.785. The van der Waals surface area contributed by atoms with Crippen molar-refractivity contribution in [3.8, 4) is 0 Å².